The molecule has 4 nitrogen and oxygen atoms in total. The van der Waals surface area contributed by atoms with E-state index >= 15 is 0 Å². The third-order valence-electron chi connectivity index (χ3n) is 1.91. The first-order valence-corrected chi connectivity index (χ1v) is 5.98. The molecule has 0 fully saturated rings. The third-order valence-corrected chi connectivity index (χ3v) is 3.23. The van der Waals surface area contributed by atoms with Crippen molar-refractivity contribution in [2.45, 2.75) is 17.6 Å². The van der Waals surface area contributed by atoms with E-state index in [1.807, 2.05) is 12.1 Å². The van der Waals surface area contributed by atoms with Crippen molar-refractivity contribution >= 4 is 29.1 Å². The van der Waals surface area contributed by atoms with Crippen LogP contribution in [0.25, 0.3) is 0 Å². The van der Waals surface area contributed by atoms with E-state index in [-0.39, 0.29) is 0 Å². The number of rotatable bonds is 3. The Kier molecular flexibility index (Phi) is 3.36. The molecule has 0 radical (unpaired) electrons. The zero-order chi connectivity index (χ0) is 11.5. The second-order valence-corrected chi connectivity index (χ2v) is 4.66. The number of anilines is 1. The topological polar surface area (TPSA) is 64.9 Å². The standard InChI is InChI=1S/C10H10ClN3OS/c1-6-13-10(14-15-6)5-16-7-2-3-9(12)8(11)4-7/h2-4H,5,12H2,1H3. The summed E-state index contributed by atoms with van der Waals surface area (Å²) < 4.78 is 4.88. The van der Waals surface area contributed by atoms with E-state index in [9.17, 15) is 0 Å². The van der Waals surface area contributed by atoms with E-state index in [4.69, 9.17) is 21.9 Å². The maximum atomic E-state index is 5.91. The number of nitrogen functional groups attached to an aromatic ring is 1. The molecule has 2 aromatic rings. The van der Waals surface area contributed by atoms with Crippen LogP contribution in [0.1, 0.15) is 11.7 Å². The van der Waals surface area contributed by atoms with Gasteiger partial charge >= 0.3 is 0 Å². The van der Waals surface area contributed by atoms with E-state index in [2.05, 4.69) is 10.1 Å². The summed E-state index contributed by atoms with van der Waals surface area (Å²) in [7, 11) is 0. The summed E-state index contributed by atoms with van der Waals surface area (Å²) in [6, 6.07) is 5.53. The molecule has 0 aliphatic carbocycles. The third kappa shape index (κ3) is 2.68. The maximum absolute atomic E-state index is 5.91. The van der Waals surface area contributed by atoms with Gasteiger partial charge in [0.25, 0.3) is 0 Å². The molecule has 1 aromatic heterocycles. The van der Waals surface area contributed by atoms with Crippen molar-refractivity contribution in [1.29, 1.82) is 0 Å². The molecule has 2 rings (SSSR count). The van der Waals surface area contributed by atoms with Gasteiger partial charge in [0.05, 0.1) is 16.5 Å². The fraction of sp³-hybridized carbons (Fsp3) is 0.200. The summed E-state index contributed by atoms with van der Waals surface area (Å²) in [6.07, 6.45) is 0. The van der Waals surface area contributed by atoms with Crippen LogP contribution in [0.5, 0.6) is 0 Å². The van der Waals surface area contributed by atoms with Crippen LogP contribution in [-0.4, -0.2) is 10.1 Å². The molecule has 1 aromatic carbocycles. The number of nitrogens with zero attached hydrogens (tertiary/aromatic N) is 2. The van der Waals surface area contributed by atoms with Gasteiger partial charge < -0.3 is 10.3 Å². The lowest BCUT2D eigenvalue weighted by atomic mass is 10.3. The summed E-state index contributed by atoms with van der Waals surface area (Å²) in [6.45, 7) is 1.77. The van der Waals surface area contributed by atoms with Crippen molar-refractivity contribution in [3.63, 3.8) is 0 Å². The molecule has 0 aliphatic rings. The highest BCUT2D eigenvalue weighted by Gasteiger charge is 2.04. The molecule has 0 unspecified atom stereocenters. The number of halogens is 1. The van der Waals surface area contributed by atoms with E-state index in [0.717, 1.165) is 4.90 Å². The first-order valence-electron chi connectivity index (χ1n) is 4.62. The van der Waals surface area contributed by atoms with Crippen LogP contribution in [-0.2, 0) is 5.75 Å². The number of nitrogens with two attached hydrogens (primary N) is 1. The number of aryl methyl sites for hydroxylation is 1. The molecule has 16 heavy (non-hydrogen) atoms. The Balaban J connectivity index is 2.02. The van der Waals surface area contributed by atoms with Crippen LogP contribution >= 0.6 is 23.4 Å². The molecular weight excluding hydrogens is 246 g/mol. The SMILES string of the molecule is Cc1nc(CSc2ccc(N)c(Cl)c2)no1. The zero-order valence-electron chi connectivity index (χ0n) is 8.61. The Labute approximate surface area is 102 Å². The normalized spacial score (nSPS) is 10.6. The second kappa shape index (κ2) is 4.76. The zero-order valence-corrected chi connectivity index (χ0v) is 10.2. The van der Waals surface area contributed by atoms with E-state index < -0.39 is 0 Å². The number of benzene rings is 1. The Hall–Kier alpha value is -1.20. The molecular formula is C10H10ClN3OS. The first kappa shape index (κ1) is 11.3. The Morgan fingerprint density at radius 3 is 2.94 bits per heavy atom. The fourth-order valence-corrected chi connectivity index (χ4v) is 2.17. The molecule has 84 valence electrons. The van der Waals surface area contributed by atoms with Crippen LogP contribution in [0.15, 0.2) is 27.6 Å². The van der Waals surface area contributed by atoms with Gasteiger partial charge in [-0.2, -0.15) is 4.98 Å². The summed E-state index contributed by atoms with van der Waals surface area (Å²) in [5, 5.41) is 4.37. The largest absolute Gasteiger partial charge is 0.398 e. The number of thioether (sulfide) groups is 1. The highest BCUT2D eigenvalue weighted by molar-refractivity contribution is 7.98. The highest BCUT2D eigenvalue weighted by atomic mass is 35.5. The van der Waals surface area contributed by atoms with Crippen molar-refractivity contribution in [2.24, 2.45) is 0 Å². The lowest BCUT2D eigenvalue weighted by Gasteiger charge is -2.01. The predicted molar refractivity (Wildman–Crippen MR) is 64.5 cm³/mol. The monoisotopic (exact) mass is 255 g/mol. The molecule has 1 heterocycles. The second-order valence-electron chi connectivity index (χ2n) is 3.20. The summed E-state index contributed by atoms with van der Waals surface area (Å²) >= 11 is 7.50. The minimum absolute atomic E-state index is 0.564. The number of aromatic nitrogens is 2. The number of hydrogen-bond donors (Lipinski definition) is 1. The van der Waals surface area contributed by atoms with E-state index in [1.54, 1.807) is 24.8 Å². The minimum atomic E-state index is 0.564. The molecule has 0 spiro atoms. The van der Waals surface area contributed by atoms with Crippen LogP contribution in [0.2, 0.25) is 5.02 Å². The molecule has 0 saturated heterocycles. The van der Waals surface area contributed by atoms with Crippen molar-refractivity contribution < 1.29 is 4.52 Å². The van der Waals surface area contributed by atoms with Gasteiger partial charge in [0.2, 0.25) is 5.89 Å². The maximum Gasteiger partial charge on any atom is 0.223 e. The fourth-order valence-electron chi connectivity index (χ4n) is 1.15. The van der Waals surface area contributed by atoms with Gasteiger partial charge in [-0.25, -0.2) is 0 Å². The molecule has 0 aliphatic heterocycles. The van der Waals surface area contributed by atoms with Gasteiger partial charge in [-0.3, -0.25) is 0 Å². The van der Waals surface area contributed by atoms with Crippen molar-refractivity contribution in [2.75, 3.05) is 5.73 Å². The molecule has 0 amide bonds. The Morgan fingerprint density at radius 2 is 2.31 bits per heavy atom. The summed E-state index contributed by atoms with van der Waals surface area (Å²) in [5.41, 5.74) is 6.20. The van der Waals surface area contributed by atoms with E-state index in [0.29, 0.717) is 28.2 Å². The Bertz CT molecular complexity index is 501. The Morgan fingerprint density at radius 1 is 1.50 bits per heavy atom. The van der Waals surface area contributed by atoms with Crippen LogP contribution < -0.4 is 5.73 Å². The number of hydrogen-bond acceptors (Lipinski definition) is 5. The van der Waals surface area contributed by atoms with Crippen LogP contribution in [0.3, 0.4) is 0 Å². The van der Waals surface area contributed by atoms with Gasteiger partial charge in [0.15, 0.2) is 5.82 Å². The average molecular weight is 256 g/mol. The summed E-state index contributed by atoms with van der Waals surface area (Å²) in [4.78, 5) is 5.14. The quantitative estimate of drug-likeness (QED) is 0.675. The van der Waals surface area contributed by atoms with Gasteiger partial charge in [0, 0.05) is 11.8 Å². The molecule has 6 heteroatoms. The molecule has 0 saturated carbocycles. The van der Waals surface area contributed by atoms with Gasteiger partial charge in [0.1, 0.15) is 0 Å². The minimum Gasteiger partial charge on any atom is -0.398 e. The van der Waals surface area contributed by atoms with Gasteiger partial charge in [-0.1, -0.05) is 16.8 Å². The van der Waals surface area contributed by atoms with Crippen molar-refractivity contribution in [1.82, 2.24) is 10.1 Å². The lowest BCUT2D eigenvalue weighted by molar-refractivity contribution is 0.389. The lowest BCUT2D eigenvalue weighted by Crippen LogP contribution is -1.87. The first-order chi connectivity index (χ1) is 7.65. The molecule has 0 bridgehead atoms. The highest BCUT2D eigenvalue weighted by Crippen LogP contribution is 2.27. The van der Waals surface area contributed by atoms with Crippen molar-refractivity contribution in [3.05, 3.63) is 34.9 Å². The van der Waals surface area contributed by atoms with Crippen LogP contribution in [0.4, 0.5) is 5.69 Å². The molecule has 0 atom stereocenters. The summed E-state index contributed by atoms with van der Waals surface area (Å²) in [5.74, 6) is 1.90. The molecule has 2 N–H and O–H groups in total. The average Bonchev–Trinajstić information content (AvgIpc) is 2.66. The van der Waals surface area contributed by atoms with E-state index in [1.165, 1.54) is 0 Å². The van der Waals surface area contributed by atoms with Crippen LogP contribution in [0, 0.1) is 6.92 Å². The van der Waals surface area contributed by atoms with Crippen molar-refractivity contribution in [3.8, 4) is 0 Å². The predicted octanol–water partition coefficient (Wildman–Crippen LogP) is 2.91. The van der Waals surface area contributed by atoms with Gasteiger partial charge in [-0.15, -0.1) is 11.8 Å². The smallest absolute Gasteiger partial charge is 0.223 e. The van der Waals surface area contributed by atoms with Gasteiger partial charge in [-0.05, 0) is 18.2 Å².